The van der Waals surface area contributed by atoms with Gasteiger partial charge in [-0.3, -0.25) is 4.79 Å². The zero-order valence-corrected chi connectivity index (χ0v) is 12.2. The van der Waals surface area contributed by atoms with Gasteiger partial charge in [-0.05, 0) is 19.3 Å². The molecule has 2 aromatic rings. The minimum atomic E-state index is -0.369. The SMILES string of the molecule is CC(O)CC(C)CNC(=O)c1cc(-c2ccccc2)no1. The molecule has 5 nitrogen and oxygen atoms in total. The predicted molar refractivity (Wildman–Crippen MR) is 79.7 cm³/mol. The van der Waals surface area contributed by atoms with Crippen molar-refractivity contribution < 1.29 is 14.4 Å². The van der Waals surface area contributed by atoms with Crippen LogP contribution >= 0.6 is 0 Å². The number of aliphatic hydroxyl groups excluding tert-OH is 1. The summed E-state index contributed by atoms with van der Waals surface area (Å²) in [6, 6.07) is 11.2. The number of amides is 1. The van der Waals surface area contributed by atoms with Crippen molar-refractivity contribution in [2.45, 2.75) is 26.4 Å². The normalized spacial score (nSPS) is 13.7. The second-order valence-electron chi connectivity index (χ2n) is 5.34. The van der Waals surface area contributed by atoms with Crippen LogP contribution in [0.1, 0.15) is 30.8 Å². The van der Waals surface area contributed by atoms with Gasteiger partial charge in [-0.25, -0.2) is 0 Å². The van der Waals surface area contributed by atoms with E-state index in [1.165, 1.54) is 0 Å². The maximum Gasteiger partial charge on any atom is 0.289 e. The molecule has 21 heavy (non-hydrogen) atoms. The molecule has 0 aliphatic heterocycles. The summed E-state index contributed by atoms with van der Waals surface area (Å²) in [7, 11) is 0. The third-order valence-electron chi connectivity index (χ3n) is 3.16. The van der Waals surface area contributed by atoms with Gasteiger partial charge in [0.15, 0.2) is 0 Å². The Bertz CT molecular complexity index is 578. The molecule has 1 heterocycles. The highest BCUT2D eigenvalue weighted by Gasteiger charge is 2.15. The minimum absolute atomic E-state index is 0.193. The van der Waals surface area contributed by atoms with Crippen LogP contribution < -0.4 is 5.32 Å². The van der Waals surface area contributed by atoms with Crippen molar-refractivity contribution in [1.82, 2.24) is 10.5 Å². The summed E-state index contributed by atoms with van der Waals surface area (Å²) in [6.45, 7) is 4.20. The van der Waals surface area contributed by atoms with Gasteiger partial charge < -0.3 is 14.9 Å². The predicted octanol–water partition coefficient (Wildman–Crippen LogP) is 2.48. The third kappa shape index (κ3) is 4.43. The molecule has 2 unspecified atom stereocenters. The molecule has 0 radical (unpaired) electrons. The molecule has 1 aromatic heterocycles. The fourth-order valence-corrected chi connectivity index (χ4v) is 2.15. The highest BCUT2D eigenvalue weighted by molar-refractivity contribution is 5.92. The van der Waals surface area contributed by atoms with Crippen LogP contribution in [0.2, 0.25) is 0 Å². The highest BCUT2D eigenvalue weighted by Crippen LogP contribution is 2.18. The Hall–Kier alpha value is -2.14. The Morgan fingerprint density at radius 3 is 2.71 bits per heavy atom. The molecule has 5 heteroatoms. The first kappa shape index (κ1) is 15.3. The number of aliphatic hydroxyl groups is 1. The number of carbonyl (C=O) groups excluding carboxylic acids is 1. The van der Waals surface area contributed by atoms with E-state index < -0.39 is 0 Å². The number of benzene rings is 1. The van der Waals surface area contributed by atoms with E-state index in [0.717, 1.165) is 5.56 Å². The Morgan fingerprint density at radius 2 is 2.05 bits per heavy atom. The van der Waals surface area contributed by atoms with Crippen LogP contribution in [-0.4, -0.2) is 28.8 Å². The van der Waals surface area contributed by atoms with E-state index in [2.05, 4.69) is 10.5 Å². The van der Waals surface area contributed by atoms with Gasteiger partial charge >= 0.3 is 0 Å². The van der Waals surface area contributed by atoms with Crippen molar-refractivity contribution in [3.8, 4) is 11.3 Å². The molecule has 2 rings (SSSR count). The Kier molecular flexibility index (Phi) is 5.11. The molecular formula is C16H20N2O3. The number of hydrogen-bond donors (Lipinski definition) is 2. The Labute approximate surface area is 124 Å². The number of nitrogens with one attached hydrogen (secondary N) is 1. The summed E-state index contributed by atoms with van der Waals surface area (Å²) in [5, 5.41) is 16.0. The van der Waals surface area contributed by atoms with Crippen molar-refractivity contribution in [2.75, 3.05) is 6.54 Å². The van der Waals surface area contributed by atoms with Crippen LogP contribution in [0.3, 0.4) is 0 Å². The summed E-state index contributed by atoms with van der Waals surface area (Å²) in [5.74, 6) is 0.102. The number of carbonyl (C=O) groups is 1. The number of aromatic nitrogens is 1. The van der Waals surface area contributed by atoms with Gasteiger partial charge in [-0.2, -0.15) is 0 Å². The first-order chi connectivity index (χ1) is 10.1. The maximum atomic E-state index is 12.0. The molecule has 0 fully saturated rings. The van der Waals surface area contributed by atoms with Gasteiger partial charge in [0.2, 0.25) is 5.76 Å². The lowest BCUT2D eigenvalue weighted by atomic mass is 10.0. The minimum Gasteiger partial charge on any atom is -0.393 e. The molecule has 2 N–H and O–H groups in total. The van der Waals surface area contributed by atoms with Crippen LogP contribution in [0, 0.1) is 5.92 Å². The van der Waals surface area contributed by atoms with E-state index in [1.54, 1.807) is 13.0 Å². The van der Waals surface area contributed by atoms with E-state index in [0.29, 0.717) is 18.7 Å². The lowest BCUT2D eigenvalue weighted by Crippen LogP contribution is -2.29. The first-order valence-corrected chi connectivity index (χ1v) is 7.04. The van der Waals surface area contributed by atoms with Crippen molar-refractivity contribution in [1.29, 1.82) is 0 Å². The Morgan fingerprint density at radius 1 is 1.33 bits per heavy atom. The molecule has 0 bridgehead atoms. The largest absolute Gasteiger partial charge is 0.393 e. The molecule has 0 aliphatic carbocycles. The molecule has 1 amide bonds. The molecule has 0 aliphatic rings. The van der Waals surface area contributed by atoms with Gasteiger partial charge in [0.05, 0.1) is 6.10 Å². The van der Waals surface area contributed by atoms with Crippen LogP contribution in [0.15, 0.2) is 40.9 Å². The van der Waals surface area contributed by atoms with Crippen LogP contribution in [-0.2, 0) is 0 Å². The molecule has 112 valence electrons. The molecule has 0 saturated heterocycles. The average Bonchev–Trinajstić information content (AvgIpc) is 2.95. The van der Waals surface area contributed by atoms with Crippen LogP contribution in [0.25, 0.3) is 11.3 Å². The van der Waals surface area contributed by atoms with Gasteiger partial charge in [-0.15, -0.1) is 0 Å². The molecule has 1 aromatic carbocycles. The smallest absolute Gasteiger partial charge is 0.289 e. The standard InChI is InChI=1S/C16H20N2O3/c1-11(8-12(2)19)10-17-16(20)15-9-14(18-21-15)13-6-4-3-5-7-13/h3-7,9,11-12,19H,8,10H2,1-2H3,(H,17,20). The number of rotatable bonds is 6. The van der Waals surface area contributed by atoms with Gasteiger partial charge in [-0.1, -0.05) is 42.4 Å². The van der Waals surface area contributed by atoms with Crippen LogP contribution in [0.4, 0.5) is 0 Å². The highest BCUT2D eigenvalue weighted by atomic mass is 16.5. The monoisotopic (exact) mass is 288 g/mol. The van der Waals surface area contributed by atoms with E-state index in [4.69, 9.17) is 4.52 Å². The molecule has 2 atom stereocenters. The summed E-state index contributed by atoms with van der Waals surface area (Å²) in [5.41, 5.74) is 1.54. The number of hydrogen-bond acceptors (Lipinski definition) is 4. The second kappa shape index (κ2) is 7.04. The first-order valence-electron chi connectivity index (χ1n) is 7.04. The van der Waals surface area contributed by atoms with Gasteiger partial charge in [0, 0.05) is 18.2 Å². The van der Waals surface area contributed by atoms with E-state index >= 15 is 0 Å². The lowest BCUT2D eigenvalue weighted by Gasteiger charge is -2.13. The summed E-state index contributed by atoms with van der Waals surface area (Å²) in [6.07, 6.45) is 0.276. The molecule has 0 spiro atoms. The zero-order chi connectivity index (χ0) is 15.2. The fourth-order valence-electron chi connectivity index (χ4n) is 2.15. The summed E-state index contributed by atoms with van der Waals surface area (Å²) >= 11 is 0. The zero-order valence-electron chi connectivity index (χ0n) is 12.2. The topological polar surface area (TPSA) is 75.4 Å². The second-order valence-corrected chi connectivity index (χ2v) is 5.34. The Balaban J connectivity index is 1.93. The van der Waals surface area contributed by atoms with Crippen LogP contribution in [0.5, 0.6) is 0 Å². The van der Waals surface area contributed by atoms with Crippen molar-refractivity contribution in [3.05, 3.63) is 42.2 Å². The maximum absolute atomic E-state index is 12.0. The van der Waals surface area contributed by atoms with Crippen molar-refractivity contribution >= 4 is 5.91 Å². The van der Waals surface area contributed by atoms with E-state index in [9.17, 15) is 9.90 Å². The van der Waals surface area contributed by atoms with Gasteiger partial charge in [0.1, 0.15) is 5.69 Å². The third-order valence-corrected chi connectivity index (χ3v) is 3.16. The van der Waals surface area contributed by atoms with Gasteiger partial charge in [0.25, 0.3) is 5.91 Å². The fraction of sp³-hybridized carbons (Fsp3) is 0.375. The number of nitrogens with zero attached hydrogens (tertiary/aromatic N) is 1. The quantitative estimate of drug-likeness (QED) is 0.856. The van der Waals surface area contributed by atoms with E-state index in [-0.39, 0.29) is 23.7 Å². The summed E-state index contributed by atoms with van der Waals surface area (Å²) < 4.78 is 5.08. The molecule has 0 saturated carbocycles. The van der Waals surface area contributed by atoms with Crippen molar-refractivity contribution in [2.24, 2.45) is 5.92 Å². The van der Waals surface area contributed by atoms with E-state index in [1.807, 2.05) is 37.3 Å². The van der Waals surface area contributed by atoms with Crippen molar-refractivity contribution in [3.63, 3.8) is 0 Å². The average molecular weight is 288 g/mol. The summed E-state index contributed by atoms with van der Waals surface area (Å²) in [4.78, 5) is 12.0. The molecular weight excluding hydrogens is 268 g/mol. The lowest BCUT2D eigenvalue weighted by molar-refractivity contribution is 0.0903.